The molecule has 0 aliphatic heterocycles. The summed E-state index contributed by atoms with van der Waals surface area (Å²) in [5.41, 5.74) is 0. The fourth-order valence-corrected chi connectivity index (χ4v) is 3.87. The third-order valence-electron chi connectivity index (χ3n) is 5.89. The van der Waals surface area contributed by atoms with Crippen molar-refractivity contribution in [1.29, 1.82) is 0 Å². The smallest absolute Gasteiger partial charge is 0.320 e. The summed E-state index contributed by atoms with van der Waals surface area (Å²) in [7, 11) is 3.54. The van der Waals surface area contributed by atoms with E-state index in [1.54, 1.807) is 19.0 Å². The van der Waals surface area contributed by atoms with Crippen molar-refractivity contribution in [1.82, 2.24) is 10.2 Å². The lowest BCUT2D eigenvalue weighted by Crippen LogP contribution is -2.36. The molecule has 0 aliphatic rings. The van der Waals surface area contributed by atoms with Gasteiger partial charge in [0.1, 0.15) is 6.04 Å². The van der Waals surface area contributed by atoms with Crippen LogP contribution in [0.4, 0.5) is 0 Å². The number of unbranched alkanes of at least 4 members (excludes halogenated alkanes) is 14. The van der Waals surface area contributed by atoms with Crippen molar-refractivity contribution in [2.45, 2.75) is 129 Å². The lowest BCUT2D eigenvalue weighted by atomic mass is 10.0. The minimum atomic E-state index is -0.802. The number of hydrogen-bond donors (Lipinski definition) is 2. The van der Waals surface area contributed by atoms with Gasteiger partial charge < -0.3 is 10.4 Å². The van der Waals surface area contributed by atoms with E-state index >= 15 is 0 Å². The molecule has 0 saturated heterocycles. The molecular weight excluding hydrogens is 376 g/mol. The molecule has 0 rings (SSSR count). The highest BCUT2D eigenvalue weighted by Crippen LogP contribution is 2.13. The molecule has 0 aromatic heterocycles. The van der Waals surface area contributed by atoms with Crippen molar-refractivity contribution in [3.8, 4) is 0 Å². The van der Waals surface area contributed by atoms with Gasteiger partial charge in [-0.25, -0.2) is 0 Å². The largest absolute Gasteiger partial charge is 0.480 e. The van der Waals surface area contributed by atoms with E-state index in [4.69, 9.17) is 5.11 Å². The van der Waals surface area contributed by atoms with Crippen LogP contribution in [0.25, 0.3) is 0 Å². The van der Waals surface area contributed by atoms with Crippen LogP contribution in [0.2, 0.25) is 0 Å². The summed E-state index contributed by atoms with van der Waals surface area (Å²) in [6.07, 6.45) is 21.8. The SMILES string of the molecule is CCCCCCCCCCCCCCCCCC(=O)NCCCC(C(=O)O)N(C)C. The molecule has 1 atom stereocenters. The van der Waals surface area contributed by atoms with Crippen molar-refractivity contribution in [2.75, 3.05) is 20.6 Å². The van der Waals surface area contributed by atoms with Crippen molar-refractivity contribution in [3.63, 3.8) is 0 Å². The van der Waals surface area contributed by atoms with Crippen LogP contribution in [-0.2, 0) is 9.59 Å². The predicted molar refractivity (Wildman–Crippen MR) is 127 cm³/mol. The Morgan fingerprint density at radius 3 is 1.57 bits per heavy atom. The first-order valence-electron chi connectivity index (χ1n) is 12.6. The highest BCUT2D eigenvalue weighted by molar-refractivity contribution is 5.75. The maximum absolute atomic E-state index is 11.9. The molecule has 1 amide bonds. The number of rotatable bonds is 22. The Hall–Kier alpha value is -1.10. The van der Waals surface area contributed by atoms with Gasteiger partial charge in [-0.2, -0.15) is 0 Å². The molecule has 178 valence electrons. The second-order valence-electron chi connectivity index (χ2n) is 9.01. The quantitative estimate of drug-likeness (QED) is 0.203. The summed E-state index contributed by atoms with van der Waals surface area (Å²) in [6.45, 7) is 2.84. The molecule has 0 spiro atoms. The van der Waals surface area contributed by atoms with Crippen LogP contribution in [-0.4, -0.2) is 48.6 Å². The summed E-state index contributed by atoms with van der Waals surface area (Å²) in [5.74, 6) is -0.703. The zero-order valence-corrected chi connectivity index (χ0v) is 20.2. The van der Waals surface area contributed by atoms with E-state index in [-0.39, 0.29) is 5.91 Å². The van der Waals surface area contributed by atoms with Gasteiger partial charge in [0, 0.05) is 13.0 Å². The molecule has 0 fully saturated rings. The van der Waals surface area contributed by atoms with E-state index in [9.17, 15) is 9.59 Å². The summed E-state index contributed by atoms with van der Waals surface area (Å²) < 4.78 is 0. The number of nitrogens with one attached hydrogen (secondary N) is 1. The molecule has 5 heteroatoms. The normalized spacial score (nSPS) is 12.3. The Morgan fingerprint density at radius 1 is 0.733 bits per heavy atom. The predicted octanol–water partition coefficient (Wildman–Crippen LogP) is 6.16. The van der Waals surface area contributed by atoms with E-state index < -0.39 is 12.0 Å². The van der Waals surface area contributed by atoms with Crippen LogP contribution < -0.4 is 5.32 Å². The van der Waals surface area contributed by atoms with E-state index in [2.05, 4.69) is 12.2 Å². The van der Waals surface area contributed by atoms with Crippen LogP contribution in [0.15, 0.2) is 0 Å². The van der Waals surface area contributed by atoms with Crippen LogP contribution in [0.3, 0.4) is 0 Å². The summed E-state index contributed by atoms with van der Waals surface area (Å²) >= 11 is 0. The molecule has 0 heterocycles. The second kappa shape index (κ2) is 21.1. The van der Waals surface area contributed by atoms with Crippen LogP contribution >= 0.6 is 0 Å². The molecule has 0 aromatic carbocycles. The number of hydrogen-bond acceptors (Lipinski definition) is 3. The van der Waals surface area contributed by atoms with Crippen molar-refractivity contribution >= 4 is 11.9 Å². The lowest BCUT2D eigenvalue weighted by molar-refractivity contribution is -0.142. The van der Waals surface area contributed by atoms with Crippen LogP contribution in [0.5, 0.6) is 0 Å². The number of carboxylic acids is 1. The number of aliphatic carboxylic acids is 1. The molecular formula is C25H50N2O3. The van der Waals surface area contributed by atoms with Gasteiger partial charge in [0.05, 0.1) is 0 Å². The molecule has 5 nitrogen and oxygen atoms in total. The van der Waals surface area contributed by atoms with Gasteiger partial charge in [-0.05, 0) is 33.4 Å². The standard InChI is InChI=1S/C25H50N2O3/c1-4-5-6-7-8-9-10-11-12-13-14-15-16-17-18-21-24(28)26-22-19-20-23(25(29)30)27(2)3/h23H,4-22H2,1-3H3,(H,26,28)(H,29,30). The average Bonchev–Trinajstić information content (AvgIpc) is 2.70. The Morgan fingerprint density at radius 2 is 1.17 bits per heavy atom. The monoisotopic (exact) mass is 426 g/mol. The van der Waals surface area contributed by atoms with Gasteiger partial charge in [0.15, 0.2) is 0 Å². The van der Waals surface area contributed by atoms with Gasteiger partial charge in [-0.1, -0.05) is 96.8 Å². The topological polar surface area (TPSA) is 69.6 Å². The Labute approximate surface area is 186 Å². The zero-order chi connectivity index (χ0) is 22.5. The first-order chi connectivity index (χ1) is 14.5. The van der Waals surface area contributed by atoms with Gasteiger partial charge in [0.2, 0.25) is 5.91 Å². The molecule has 30 heavy (non-hydrogen) atoms. The molecule has 0 aliphatic carbocycles. The number of amides is 1. The van der Waals surface area contributed by atoms with Gasteiger partial charge in [-0.3, -0.25) is 14.5 Å². The van der Waals surface area contributed by atoms with E-state index in [0.29, 0.717) is 25.8 Å². The van der Waals surface area contributed by atoms with Crippen LogP contribution in [0, 0.1) is 0 Å². The van der Waals surface area contributed by atoms with E-state index in [0.717, 1.165) is 12.8 Å². The van der Waals surface area contributed by atoms with Gasteiger partial charge >= 0.3 is 5.97 Å². The maximum Gasteiger partial charge on any atom is 0.320 e. The molecule has 0 aromatic rings. The Kier molecular flexibility index (Phi) is 20.4. The van der Waals surface area contributed by atoms with Crippen molar-refractivity contribution in [2.24, 2.45) is 0 Å². The Balaban J connectivity index is 3.33. The third-order valence-corrected chi connectivity index (χ3v) is 5.89. The minimum Gasteiger partial charge on any atom is -0.480 e. The third kappa shape index (κ3) is 18.9. The first-order valence-corrected chi connectivity index (χ1v) is 12.6. The molecule has 1 unspecified atom stereocenters. The second-order valence-corrected chi connectivity index (χ2v) is 9.01. The minimum absolute atomic E-state index is 0.0985. The lowest BCUT2D eigenvalue weighted by Gasteiger charge is -2.19. The van der Waals surface area contributed by atoms with E-state index in [1.807, 2.05) is 0 Å². The maximum atomic E-state index is 11.9. The zero-order valence-electron chi connectivity index (χ0n) is 20.2. The summed E-state index contributed by atoms with van der Waals surface area (Å²) in [6, 6.07) is -0.475. The fourth-order valence-electron chi connectivity index (χ4n) is 3.87. The fraction of sp³-hybridized carbons (Fsp3) is 0.920. The first kappa shape index (κ1) is 28.9. The number of carboxylic acid groups (broad SMARTS) is 1. The molecule has 2 N–H and O–H groups in total. The number of nitrogens with zero attached hydrogens (tertiary/aromatic N) is 1. The molecule has 0 radical (unpaired) electrons. The number of carbonyl (C=O) groups excluding carboxylic acids is 1. The molecule has 0 bridgehead atoms. The summed E-state index contributed by atoms with van der Waals surface area (Å²) in [5, 5.41) is 12.0. The highest BCUT2D eigenvalue weighted by Gasteiger charge is 2.18. The highest BCUT2D eigenvalue weighted by atomic mass is 16.4. The Bertz CT molecular complexity index is 413. The van der Waals surface area contributed by atoms with Crippen LogP contribution in [0.1, 0.15) is 122 Å². The van der Waals surface area contributed by atoms with Gasteiger partial charge in [-0.15, -0.1) is 0 Å². The van der Waals surface area contributed by atoms with Crippen molar-refractivity contribution in [3.05, 3.63) is 0 Å². The number of likely N-dealkylation sites (N-methyl/N-ethyl adjacent to an activating group) is 1. The summed E-state index contributed by atoms with van der Waals surface area (Å²) in [4.78, 5) is 24.7. The average molecular weight is 427 g/mol. The van der Waals surface area contributed by atoms with E-state index in [1.165, 1.54) is 83.5 Å². The van der Waals surface area contributed by atoms with Gasteiger partial charge in [0.25, 0.3) is 0 Å². The van der Waals surface area contributed by atoms with Crippen molar-refractivity contribution < 1.29 is 14.7 Å². The molecule has 0 saturated carbocycles. The number of carbonyl (C=O) groups is 2.